The first-order valence-electron chi connectivity index (χ1n) is 4.97. The fraction of sp³-hybridized carbons (Fsp3) is 0.333. The SMILES string of the molecule is CC(C=O)Cc1ccc(F)c(CC(=O)O)c1. The number of carbonyl (C=O) groups is 2. The molecule has 1 aromatic carbocycles. The van der Waals surface area contributed by atoms with Gasteiger partial charge in [-0.25, -0.2) is 4.39 Å². The average Bonchev–Trinajstić information content (AvgIpc) is 2.22. The van der Waals surface area contributed by atoms with E-state index in [0.717, 1.165) is 11.8 Å². The van der Waals surface area contributed by atoms with Crippen molar-refractivity contribution < 1.29 is 19.1 Å². The fourth-order valence-corrected chi connectivity index (χ4v) is 1.47. The summed E-state index contributed by atoms with van der Waals surface area (Å²) in [6.45, 7) is 1.76. The lowest BCUT2D eigenvalue weighted by Crippen LogP contribution is -2.05. The second-order valence-corrected chi connectivity index (χ2v) is 3.81. The minimum absolute atomic E-state index is 0.150. The Bertz CT molecular complexity index is 401. The van der Waals surface area contributed by atoms with Gasteiger partial charge in [-0.15, -0.1) is 0 Å². The summed E-state index contributed by atoms with van der Waals surface area (Å²) >= 11 is 0. The van der Waals surface area contributed by atoms with Crippen LogP contribution < -0.4 is 0 Å². The van der Waals surface area contributed by atoms with Crippen LogP contribution in [-0.4, -0.2) is 17.4 Å². The van der Waals surface area contributed by atoms with Crippen molar-refractivity contribution in [2.75, 3.05) is 0 Å². The lowest BCUT2D eigenvalue weighted by molar-refractivity contribution is -0.136. The number of halogens is 1. The van der Waals surface area contributed by atoms with Crippen molar-refractivity contribution in [3.8, 4) is 0 Å². The molecule has 1 aromatic rings. The molecule has 0 radical (unpaired) electrons. The maximum absolute atomic E-state index is 13.2. The molecule has 3 nitrogen and oxygen atoms in total. The molecule has 4 heteroatoms. The highest BCUT2D eigenvalue weighted by Crippen LogP contribution is 2.14. The summed E-state index contributed by atoms with van der Waals surface area (Å²) in [6.07, 6.45) is 0.978. The number of hydrogen-bond donors (Lipinski definition) is 1. The Kier molecular flexibility index (Phi) is 4.17. The molecule has 0 aromatic heterocycles. The quantitative estimate of drug-likeness (QED) is 0.776. The van der Waals surface area contributed by atoms with Crippen LogP contribution in [0.3, 0.4) is 0 Å². The van der Waals surface area contributed by atoms with E-state index in [4.69, 9.17) is 5.11 Å². The number of benzene rings is 1. The predicted molar refractivity (Wildman–Crippen MR) is 56.7 cm³/mol. The predicted octanol–water partition coefficient (Wildman–Crippen LogP) is 1.83. The number of carbonyl (C=O) groups excluding carboxylic acids is 1. The summed E-state index contributed by atoms with van der Waals surface area (Å²) in [7, 11) is 0. The number of carboxylic acid groups (broad SMARTS) is 1. The Morgan fingerprint density at radius 2 is 2.25 bits per heavy atom. The third-order valence-electron chi connectivity index (χ3n) is 2.24. The first-order valence-corrected chi connectivity index (χ1v) is 4.97. The van der Waals surface area contributed by atoms with Gasteiger partial charge < -0.3 is 9.90 Å². The van der Waals surface area contributed by atoms with Crippen LogP contribution in [-0.2, 0) is 22.4 Å². The number of aliphatic carboxylic acids is 1. The Morgan fingerprint density at radius 3 is 2.81 bits per heavy atom. The van der Waals surface area contributed by atoms with Crippen LogP contribution in [0.15, 0.2) is 18.2 Å². The second kappa shape index (κ2) is 5.39. The van der Waals surface area contributed by atoms with E-state index in [1.165, 1.54) is 12.1 Å². The normalized spacial score (nSPS) is 12.1. The maximum Gasteiger partial charge on any atom is 0.307 e. The number of carboxylic acids is 1. The third-order valence-corrected chi connectivity index (χ3v) is 2.24. The Labute approximate surface area is 92.9 Å². The van der Waals surface area contributed by atoms with Crippen molar-refractivity contribution >= 4 is 12.3 Å². The molecule has 0 aliphatic rings. The molecule has 0 fully saturated rings. The van der Waals surface area contributed by atoms with Crippen molar-refractivity contribution in [1.82, 2.24) is 0 Å². The van der Waals surface area contributed by atoms with Crippen LogP contribution in [0, 0.1) is 11.7 Å². The zero-order valence-corrected chi connectivity index (χ0v) is 8.94. The standard InChI is InChI=1S/C12H13FO3/c1-8(7-14)4-9-2-3-11(13)10(5-9)6-12(15)16/h2-3,5,7-8H,4,6H2,1H3,(H,15,16). The molecular weight excluding hydrogens is 211 g/mol. The molecule has 0 bridgehead atoms. The van der Waals surface area contributed by atoms with Gasteiger partial charge in [0.05, 0.1) is 6.42 Å². The maximum atomic E-state index is 13.2. The van der Waals surface area contributed by atoms with Gasteiger partial charge in [0.25, 0.3) is 0 Å². The van der Waals surface area contributed by atoms with Gasteiger partial charge in [-0.1, -0.05) is 19.1 Å². The summed E-state index contributed by atoms with van der Waals surface area (Å²) < 4.78 is 13.2. The molecule has 1 unspecified atom stereocenters. The van der Waals surface area contributed by atoms with Crippen molar-refractivity contribution in [2.45, 2.75) is 19.8 Å². The van der Waals surface area contributed by atoms with Crippen molar-refractivity contribution in [3.05, 3.63) is 35.1 Å². The van der Waals surface area contributed by atoms with E-state index in [2.05, 4.69) is 0 Å². The number of aldehydes is 1. The summed E-state index contributed by atoms with van der Waals surface area (Å²) in [5.41, 5.74) is 0.931. The van der Waals surface area contributed by atoms with Crippen molar-refractivity contribution in [2.24, 2.45) is 5.92 Å². The van der Waals surface area contributed by atoms with Crippen LogP contribution in [0.1, 0.15) is 18.1 Å². The van der Waals surface area contributed by atoms with E-state index in [-0.39, 0.29) is 17.9 Å². The third kappa shape index (κ3) is 3.46. The highest BCUT2D eigenvalue weighted by molar-refractivity contribution is 5.70. The van der Waals surface area contributed by atoms with Gasteiger partial charge in [0, 0.05) is 5.92 Å². The van der Waals surface area contributed by atoms with Crippen LogP contribution in [0.4, 0.5) is 4.39 Å². The first kappa shape index (κ1) is 12.4. The molecule has 0 spiro atoms. The molecule has 1 N–H and O–H groups in total. The largest absolute Gasteiger partial charge is 0.481 e. The van der Waals surface area contributed by atoms with E-state index in [9.17, 15) is 14.0 Å². The average molecular weight is 224 g/mol. The van der Waals surface area contributed by atoms with Gasteiger partial charge in [-0.2, -0.15) is 0 Å². The van der Waals surface area contributed by atoms with Gasteiger partial charge in [-0.05, 0) is 23.6 Å². The zero-order valence-electron chi connectivity index (χ0n) is 8.94. The monoisotopic (exact) mass is 224 g/mol. The molecule has 86 valence electrons. The van der Waals surface area contributed by atoms with Gasteiger partial charge in [0.2, 0.25) is 0 Å². The molecule has 0 heterocycles. The molecule has 1 atom stereocenters. The lowest BCUT2D eigenvalue weighted by Gasteiger charge is -2.06. The van der Waals surface area contributed by atoms with Crippen molar-refractivity contribution in [3.63, 3.8) is 0 Å². The summed E-state index contributed by atoms with van der Waals surface area (Å²) in [5.74, 6) is -1.74. The molecule has 1 rings (SSSR count). The van der Waals surface area contributed by atoms with Crippen LogP contribution in [0.2, 0.25) is 0 Å². The molecule has 0 saturated heterocycles. The van der Waals surface area contributed by atoms with Gasteiger partial charge in [0.1, 0.15) is 12.1 Å². The molecule has 0 aliphatic carbocycles. The minimum Gasteiger partial charge on any atom is -0.481 e. The molecule has 16 heavy (non-hydrogen) atoms. The first-order chi connectivity index (χ1) is 7.52. The van der Waals surface area contributed by atoms with Gasteiger partial charge in [0.15, 0.2) is 0 Å². The molecule has 0 saturated carbocycles. The molecule has 0 amide bonds. The zero-order chi connectivity index (χ0) is 12.1. The minimum atomic E-state index is -1.07. The van der Waals surface area contributed by atoms with E-state index < -0.39 is 11.8 Å². The smallest absolute Gasteiger partial charge is 0.307 e. The van der Waals surface area contributed by atoms with Gasteiger partial charge in [-0.3, -0.25) is 4.79 Å². The van der Waals surface area contributed by atoms with E-state index in [1.54, 1.807) is 13.0 Å². The van der Waals surface area contributed by atoms with Crippen LogP contribution in [0.25, 0.3) is 0 Å². The topological polar surface area (TPSA) is 54.4 Å². The van der Waals surface area contributed by atoms with Crippen molar-refractivity contribution in [1.29, 1.82) is 0 Å². The number of hydrogen-bond acceptors (Lipinski definition) is 2. The van der Waals surface area contributed by atoms with E-state index >= 15 is 0 Å². The summed E-state index contributed by atoms with van der Waals surface area (Å²) in [5, 5.41) is 8.59. The van der Waals surface area contributed by atoms with Crippen LogP contribution in [0.5, 0.6) is 0 Å². The second-order valence-electron chi connectivity index (χ2n) is 3.81. The summed E-state index contributed by atoms with van der Waals surface area (Å²) in [6, 6.07) is 4.31. The molecular formula is C12H13FO3. The molecule has 0 aliphatic heterocycles. The highest BCUT2D eigenvalue weighted by atomic mass is 19.1. The van der Waals surface area contributed by atoms with Gasteiger partial charge >= 0.3 is 5.97 Å². The Morgan fingerprint density at radius 1 is 1.56 bits per heavy atom. The summed E-state index contributed by atoms with van der Waals surface area (Å²) in [4.78, 5) is 21.0. The van der Waals surface area contributed by atoms with Crippen LogP contribution >= 0.6 is 0 Å². The lowest BCUT2D eigenvalue weighted by atomic mass is 9.99. The fourth-order valence-electron chi connectivity index (χ4n) is 1.47. The highest BCUT2D eigenvalue weighted by Gasteiger charge is 2.09. The van der Waals surface area contributed by atoms with E-state index in [0.29, 0.717) is 6.42 Å². The Balaban J connectivity index is 2.88. The van der Waals surface area contributed by atoms with E-state index in [1.807, 2.05) is 0 Å². The Hall–Kier alpha value is -1.71. The number of rotatable bonds is 5.